The second kappa shape index (κ2) is 5.61. The van der Waals surface area contributed by atoms with Crippen LogP contribution in [0.15, 0.2) is 18.2 Å². The summed E-state index contributed by atoms with van der Waals surface area (Å²) < 4.78 is 0.619. The number of hydroxylamine groups is 1. The van der Waals surface area contributed by atoms with Crippen molar-refractivity contribution in [2.24, 2.45) is 0 Å². The van der Waals surface area contributed by atoms with Gasteiger partial charge in [-0.3, -0.25) is 19.7 Å². The molecule has 0 unspecified atom stereocenters. The first-order valence-electron chi connectivity index (χ1n) is 5.13. The van der Waals surface area contributed by atoms with Gasteiger partial charge in [0.15, 0.2) is 0 Å². The second-order valence-electron chi connectivity index (χ2n) is 4.57. The van der Waals surface area contributed by atoms with Crippen molar-refractivity contribution in [2.75, 3.05) is 0 Å². The minimum atomic E-state index is -0.544. The van der Waals surface area contributed by atoms with E-state index in [1.807, 2.05) is 22.6 Å². The molecule has 1 rings (SSSR count). The van der Waals surface area contributed by atoms with Gasteiger partial charge in [0.1, 0.15) is 0 Å². The van der Waals surface area contributed by atoms with Gasteiger partial charge in [0.05, 0.1) is 16.1 Å². The Bertz CT molecular complexity index is 482. The number of non-ortho nitro benzene ring substituents is 1. The van der Waals surface area contributed by atoms with Crippen LogP contribution >= 0.6 is 22.6 Å². The van der Waals surface area contributed by atoms with E-state index in [0.717, 1.165) is 0 Å². The molecule has 1 aromatic carbocycles. The highest BCUT2D eigenvalue weighted by Crippen LogP contribution is 2.19. The Morgan fingerprint density at radius 1 is 1.44 bits per heavy atom. The number of amides is 1. The van der Waals surface area contributed by atoms with Gasteiger partial charge in [-0.15, -0.1) is 0 Å². The third-order valence-corrected chi connectivity index (χ3v) is 2.80. The molecule has 0 saturated heterocycles. The van der Waals surface area contributed by atoms with Gasteiger partial charge < -0.3 is 0 Å². The lowest BCUT2D eigenvalue weighted by molar-refractivity contribution is -0.384. The van der Waals surface area contributed by atoms with Gasteiger partial charge >= 0.3 is 0 Å². The van der Waals surface area contributed by atoms with Crippen molar-refractivity contribution >= 4 is 34.2 Å². The standard InChI is InChI=1S/C11H13IN2O4/c1-11(2,3)18-13-10(15)8-6-7(14(16)17)4-5-9(8)12/h4-6H,1-3H3,(H,13,15). The second-order valence-corrected chi connectivity index (χ2v) is 5.73. The van der Waals surface area contributed by atoms with Gasteiger partial charge in [-0.05, 0) is 49.4 Å². The molecule has 0 saturated carbocycles. The van der Waals surface area contributed by atoms with Gasteiger partial charge in [-0.25, -0.2) is 5.48 Å². The number of benzene rings is 1. The molecule has 0 heterocycles. The Kier molecular flexibility index (Phi) is 4.63. The van der Waals surface area contributed by atoms with E-state index in [1.165, 1.54) is 18.2 Å². The predicted molar refractivity (Wildman–Crippen MR) is 74.1 cm³/mol. The molecule has 0 spiro atoms. The Labute approximate surface area is 118 Å². The highest BCUT2D eigenvalue weighted by atomic mass is 127. The summed E-state index contributed by atoms with van der Waals surface area (Å²) in [6.45, 7) is 5.35. The largest absolute Gasteiger partial charge is 0.276 e. The maximum atomic E-state index is 11.8. The van der Waals surface area contributed by atoms with Crippen LogP contribution in [-0.2, 0) is 4.84 Å². The van der Waals surface area contributed by atoms with Crippen molar-refractivity contribution < 1.29 is 14.6 Å². The lowest BCUT2D eigenvalue weighted by atomic mass is 10.2. The number of hydrogen-bond donors (Lipinski definition) is 1. The third-order valence-electron chi connectivity index (χ3n) is 1.86. The van der Waals surface area contributed by atoms with Crippen LogP contribution in [0, 0.1) is 13.7 Å². The maximum Gasteiger partial charge on any atom is 0.276 e. The maximum absolute atomic E-state index is 11.8. The van der Waals surface area contributed by atoms with Crippen molar-refractivity contribution in [1.82, 2.24) is 5.48 Å². The molecule has 0 radical (unpaired) electrons. The molecule has 1 aromatic rings. The summed E-state index contributed by atoms with van der Waals surface area (Å²) in [7, 11) is 0. The smallest absolute Gasteiger partial charge is 0.268 e. The number of nitro groups is 1. The van der Waals surface area contributed by atoms with E-state index in [2.05, 4.69) is 5.48 Å². The van der Waals surface area contributed by atoms with Crippen LogP contribution < -0.4 is 5.48 Å². The number of carbonyl (C=O) groups is 1. The van der Waals surface area contributed by atoms with E-state index in [1.54, 1.807) is 20.8 Å². The molecular weight excluding hydrogens is 351 g/mol. The third kappa shape index (κ3) is 4.22. The first-order valence-corrected chi connectivity index (χ1v) is 6.21. The lowest BCUT2D eigenvalue weighted by Crippen LogP contribution is -2.33. The number of hydrogen-bond acceptors (Lipinski definition) is 4. The fourth-order valence-electron chi connectivity index (χ4n) is 1.06. The number of rotatable bonds is 3. The van der Waals surface area contributed by atoms with Crippen molar-refractivity contribution in [3.05, 3.63) is 37.4 Å². The summed E-state index contributed by atoms with van der Waals surface area (Å²) >= 11 is 1.94. The molecule has 0 fully saturated rings. The van der Waals surface area contributed by atoms with Gasteiger partial charge in [0.2, 0.25) is 0 Å². The quantitative estimate of drug-likeness (QED) is 0.508. The molecule has 98 valence electrons. The first-order chi connectivity index (χ1) is 8.20. The molecule has 1 N–H and O–H groups in total. The normalized spacial score (nSPS) is 11.1. The van der Waals surface area contributed by atoms with Gasteiger partial charge in [-0.1, -0.05) is 0 Å². The summed E-state index contributed by atoms with van der Waals surface area (Å²) in [5.74, 6) is -0.502. The molecular formula is C11H13IN2O4. The molecule has 0 aromatic heterocycles. The SMILES string of the molecule is CC(C)(C)ONC(=O)c1cc([N+](=O)[O-])ccc1I. The van der Waals surface area contributed by atoms with Crippen LogP contribution in [-0.4, -0.2) is 16.4 Å². The van der Waals surface area contributed by atoms with Crippen LogP contribution in [0.1, 0.15) is 31.1 Å². The van der Waals surface area contributed by atoms with Crippen LogP contribution in [0.4, 0.5) is 5.69 Å². The highest BCUT2D eigenvalue weighted by Gasteiger charge is 2.18. The Balaban J connectivity index is 2.91. The Morgan fingerprint density at radius 3 is 2.56 bits per heavy atom. The number of nitro benzene ring substituents is 1. The molecule has 0 atom stereocenters. The van der Waals surface area contributed by atoms with Crippen molar-refractivity contribution in [3.8, 4) is 0 Å². The average Bonchev–Trinajstić information content (AvgIpc) is 2.25. The van der Waals surface area contributed by atoms with E-state index in [4.69, 9.17) is 4.84 Å². The zero-order chi connectivity index (χ0) is 13.9. The van der Waals surface area contributed by atoms with E-state index in [9.17, 15) is 14.9 Å². The van der Waals surface area contributed by atoms with E-state index in [0.29, 0.717) is 3.57 Å². The zero-order valence-corrected chi connectivity index (χ0v) is 12.3. The highest BCUT2D eigenvalue weighted by molar-refractivity contribution is 14.1. The number of carbonyl (C=O) groups excluding carboxylic acids is 1. The average molecular weight is 364 g/mol. The van der Waals surface area contributed by atoms with Crippen molar-refractivity contribution in [2.45, 2.75) is 26.4 Å². The fourth-order valence-corrected chi connectivity index (χ4v) is 1.64. The monoisotopic (exact) mass is 364 g/mol. The van der Waals surface area contributed by atoms with E-state index in [-0.39, 0.29) is 11.3 Å². The molecule has 0 aliphatic heterocycles. The van der Waals surface area contributed by atoms with E-state index >= 15 is 0 Å². The van der Waals surface area contributed by atoms with Gasteiger partial charge in [-0.2, -0.15) is 0 Å². The minimum absolute atomic E-state index is 0.128. The summed E-state index contributed by atoms with van der Waals surface area (Å²) in [6, 6.07) is 4.09. The zero-order valence-electron chi connectivity index (χ0n) is 10.2. The number of nitrogens with zero attached hydrogens (tertiary/aromatic N) is 1. The number of nitrogens with one attached hydrogen (secondary N) is 1. The summed E-state index contributed by atoms with van der Waals surface area (Å²) in [5, 5.41) is 10.6. The van der Waals surface area contributed by atoms with Crippen LogP contribution in [0.3, 0.4) is 0 Å². The summed E-state index contributed by atoms with van der Waals surface area (Å²) in [5.41, 5.74) is 1.84. The van der Waals surface area contributed by atoms with Gasteiger partial charge in [0.25, 0.3) is 11.6 Å². The fraction of sp³-hybridized carbons (Fsp3) is 0.364. The minimum Gasteiger partial charge on any atom is -0.268 e. The number of halogens is 1. The van der Waals surface area contributed by atoms with Crippen LogP contribution in [0.25, 0.3) is 0 Å². The Hall–Kier alpha value is -1.22. The first kappa shape index (κ1) is 14.8. The topological polar surface area (TPSA) is 81.5 Å². The molecule has 0 aliphatic rings. The molecule has 0 aliphatic carbocycles. The molecule has 0 bridgehead atoms. The van der Waals surface area contributed by atoms with Crippen LogP contribution in [0.2, 0.25) is 0 Å². The lowest BCUT2D eigenvalue weighted by Gasteiger charge is -2.19. The van der Waals surface area contributed by atoms with E-state index < -0.39 is 16.4 Å². The molecule has 1 amide bonds. The summed E-state index contributed by atoms with van der Waals surface area (Å²) in [6.07, 6.45) is 0. The Morgan fingerprint density at radius 2 is 2.06 bits per heavy atom. The van der Waals surface area contributed by atoms with Crippen LogP contribution in [0.5, 0.6) is 0 Å². The summed E-state index contributed by atoms with van der Waals surface area (Å²) in [4.78, 5) is 27.1. The van der Waals surface area contributed by atoms with Crippen molar-refractivity contribution in [3.63, 3.8) is 0 Å². The molecule has 6 nitrogen and oxygen atoms in total. The van der Waals surface area contributed by atoms with Gasteiger partial charge in [0, 0.05) is 15.7 Å². The predicted octanol–water partition coefficient (Wildman–Crippen LogP) is 2.66. The molecule has 18 heavy (non-hydrogen) atoms. The molecule has 7 heteroatoms. The van der Waals surface area contributed by atoms with Crippen molar-refractivity contribution in [1.29, 1.82) is 0 Å².